The molecule has 1 N–H and O–H groups in total. The zero-order valence-corrected chi connectivity index (χ0v) is 21.6. The Hall–Kier alpha value is -2.76. The topological polar surface area (TPSA) is 71.0 Å². The summed E-state index contributed by atoms with van der Waals surface area (Å²) in [5, 5.41) is 3.12. The van der Waals surface area contributed by atoms with Gasteiger partial charge in [0.05, 0.1) is 6.54 Å². The molecule has 0 aromatic heterocycles. The molecular weight excluding hydrogens is 556 g/mol. The van der Waals surface area contributed by atoms with E-state index in [1.807, 2.05) is 0 Å². The summed E-state index contributed by atoms with van der Waals surface area (Å²) in [7, 11) is 0. The fourth-order valence-electron chi connectivity index (χ4n) is 4.48. The van der Waals surface area contributed by atoms with Gasteiger partial charge in [-0.25, -0.2) is 13.8 Å². The summed E-state index contributed by atoms with van der Waals surface area (Å²) in [6.45, 7) is 0.411. The molecule has 0 radical (unpaired) electrons. The first kappa shape index (κ1) is 28.3. The zero-order chi connectivity index (χ0) is 28.0. The highest BCUT2D eigenvalue weighted by atomic mass is 35.5. The van der Waals surface area contributed by atoms with Crippen molar-refractivity contribution >= 4 is 40.7 Å². The molecule has 2 aromatic rings. The van der Waals surface area contributed by atoms with E-state index in [9.17, 15) is 31.5 Å². The average molecular weight is 578 g/mol. The van der Waals surface area contributed by atoms with Crippen LogP contribution in [0.1, 0.15) is 40.4 Å². The number of hydroxylamine groups is 2. The van der Waals surface area contributed by atoms with Crippen LogP contribution >= 0.6 is 23.2 Å². The molecule has 0 aliphatic carbocycles. The van der Waals surface area contributed by atoms with Crippen LogP contribution in [0.5, 0.6) is 0 Å². The number of hydrogen-bond acceptors (Lipinski definition) is 4. The predicted octanol–water partition coefficient (Wildman–Crippen LogP) is 5.52. The molecule has 0 saturated carbocycles. The monoisotopic (exact) mass is 577 g/mol. The van der Waals surface area contributed by atoms with Gasteiger partial charge in [0, 0.05) is 34.7 Å². The predicted molar refractivity (Wildman–Crippen MR) is 131 cm³/mol. The van der Waals surface area contributed by atoms with Gasteiger partial charge in [0.15, 0.2) is 0 Å². The third kappa shape index (κ3) is 5.64. The SMILES string of the molecule is Cc1cc(C2=NC[C@@](c3cc(Cl)cc(Cl)c3)(C(F)(F)F)C2)ccc1C(=O)N[C@@H]1CON(CC(C)(F)F)C1=O. The Morgan fingerprint density at radius 1 is 1.16 bits per heavy atom. The second-order valence-corrected chi connectivity index (χ2v) is 10.3. The lowest BCUT2D eigenvalue weighted by Crippen LogP contribution is -2.44. The Morgan fingerprint density at radius 3 is 2.39 bits per heavy atom. The van der Waals surface area contributed by atoms with Gasteiger partial charge in [-0.15, -0.1) is 0 Å². The minimum absolute atomic E-state index is 0.0773. The van der Waals surface area contributed by atoms with E-state index in [0.717, 1.165) is 0 Å². The quantitative estimate of drug-likeness (QED) is 0.459. The summed E-state index contributed by atoms with van der Waals surface area (Å²) in [5.41, 5.74) is -1.24. The van der Waals surface area contributed by atoms with Crippen molar-refractivity contribution < 1.29 is 36.4 Å². The van der Waals surface area contributed by atoms with Crippen molar-refractivity contribution in [2.75, 3.05) is 19.7 Å². The number of amides is 2. The Kier molecular flexibility index (Phi) is 7.50. The number of nitrogens with zero attached hydrogens (tertiary/aromatic N) is 2. The molecule has 2 aromatic carbocycles. The van der Waals surface area contributed by atoms with Gasteiger partial charge in [-0.2, -0.15) is 13.2 Å². The van der Waals surface area contributed by atoms with Crippen molar-refractivity contribution in [1.29, 1.82) is 0 Å². The smallest absolute Gasteiger partial charge is 0.338 e. The number of hydrogen-bond donors (Lipinski definition) is 1. The molecule has 2 amide bonds. The maximum Gasteiger partial charge on any atom is 0.400 e. The molecule has 1 saturated heterocycles. The Morgan fingerprint density at radius 2 is 1.82 bits per heavy atom. The molecule has 6 nitrogen and oxygen atoms in total. The Balaban J connectivity index is 1.51. The molecule has 13 heteroatoms. The number of carbonyl (C=O) groups excluding carboxylic acids is 2. The van der Waals surface area contributed by atoms with Gasteiger partial charge >= 0.3 is 6.18 Å². The van der Waals surface area contributed by atoms with Crippen LogP contribution in [-0.2, 0) is 15.0 Å². The van der Waals surface area contributed by atoms with E-state index < -0.39 is 54.9 Å². The summed E-state index contributed by atoms with van der Waals surface area (Å²) in [6.07, 6.45) is -5.10. The summed E-state index contributed by atoms with van der Waals surface area (Å²) in [5.74, 6) is -4.64. The van der Waals surface area contributed by atoms with E-state index in [0.29, 0.717) is 23.1 Å². The van der Waals surface area contributed by atoms with E-state index in [2.05, 4.69) is 10.3 Å². The van der Waals surface area contributed by atoms with E-state index in [-0.39, 0.29) is 33.5 Å². The number of rotatable bonds is 6. The molecule has 38 heavy (non-hydrogen) atoms. The Labute approximate surface area is 224 Å². The number of carbonyl (C=O) groups is 2. The molecule has 0 bridgehead atoms. The van der Waals surface area contributed by atoms with Crippen molar-refractivity contribution in [3.63, 3.8) is 0 Å². The van der Waals surface area contributed by atoms with Crippen LogP contribution in [0.25, 0.3) is 0 Å². The number of alkyl halides is 5. The summed E-state index contributed by atoms with van der Waals surface area (Å²) in [4.78, 5) is 34.2. The first-order chi connectivity index (χ1) is 17.6. The first-order valence-corrected chi connectivity index (χ1v) is 12.2. The number of aryl methyl sites for hydroxylation is 1. The molecule has 0 unspecified atom stereocenters. The van der Waals surface area contributed by atoms with E-state index >= 15 is 0 Å². The van der Waals surface area contributed by atoms with Crippen LogP contribution in [0.2, 0.25) is 10.0 Å². The summed E-state index contributed by atoms with van der Waals surface area (Å²) < 4.78 is 69.5. The maximum absolute atomic E-state index is 14.4. The fourth-order valence-corrected chi connectivity index (χ4v) is 5.01. The average Bonchev–Trinajstić information content (AvgIpc) is 3.38. The molecular formula is C25H22Cl2F5N3O3. The maximum atomic E-state index is 14.4. The molecule has 4 rings (SSSR count). The van der Waals surface area contributed by atoms with Crippen LogP contribution in [0.4, 0.5) is 22.0 Å². The number of halogens is 7. The van der Waals surface area contributed by atoms with Crippen LogP contribution in [0.3, 0.4) is 0 Å². The van der Waals surface area contributed by atoms with Crippen molar-refractivity contribution in [2.45, 2.75) is 43.8 Å². The standard InChI is InChI=1S/C25H22Cl2F5N3O3/c1-13-5-14(3-4-18(13)21(36)34-20-10-38-35(22(20)37)12-23(2,28)29)19-9-24(11-33-19,25(30,31)32)15-6-16(26)8-17(27)7-15/h3-8,20H,9-12H2,1-2H3,(H,34,36)/t20-,24+/m1/s1. The second-order valence-electron chi connectivity index (χ2n) is 9.47. The summed E-state index contributed by atoms with van der Waals surface area (Å²) in [6, 6.07) is 7.06. The lowest BCUT2D eigenvalue weighted by Gasteiger charge is -2.31. The van der Waals surface area contributed by atoms with Gasteiger partial charge in [-0.3, -0.25) is 19.4 Å². The van der Waals surface area contributed by atoms with Crippen molar-refractivity contribution in [3.8, 4) is 0 Å². The third-order valence-corrected chi connectivity index (χ3v) is 6.88. The molecule has 2 heterocycles. The second kappa shape index (κ2) is 10.1. The number of nitrogens with one attached hydrogen (secondary N) is 1. The van der Waals surface area contributed by atoms with E-state index in [1.165, 1.54) is 36.4 Å². The fraction of sp³-hybridized carbons (Fsp3) is 0.400. The van der Waals surface area contributed by atoms with Crippen molar-refractivity contribution in [1.82, 2.24) is 10.4 Å². The minimum Gasteiger partial charge on any atom is -0.338 e. The van der Waals surface area contributed by atoms with E-state index in [1.54, 1.807) is 6.92 Å². The van der Waals surface area contributed by atoms with Gasteiger partial charge in [-0.1, -0.05) is 29.3 Å². The number of aliphatic imine (C=N–C) groups is 1. The highest BCUT2D eigenvalue weighted by Crippen LogP contribution is 2.48. The molecule has 204 valence electrons. The van der Waals surface area contributed by atoms with Gasteiger partial charge in [0.25, 0.3) is 17.7 Å². The summed E-state index contributed by atoms with van der Waals surface area (Å²) >= 11 is 12.0. The number of benzene rings is 2. The van der Waals surface area contributed by atoms with Crippen LogP contribution < -0.4 is 5.32 Å². The zero-order valence-electron chi connectivity index (χ0n) is 20.1. The van der Waals surface area contributed by atoms with Crippen molar-refractivity contribution in [2.24, 2.45) is 4.99 Å². The third-order valence-electron chi connectivity index (χ3n) is 6.44. The van der Waals surface area contributed by atoms with E-state index in [4.69, 9.17) is 28.0 Å². The van der Waals surface area contributed by atoms with Gasteiger partial charge in [0.2, 0.25) is 0 Å². The molecule has 1 fully saturated rings. The minimum atomic E-state index is -4.65. The Bertz CT molecular complexity index is 1290. The normalized spacial score (nSPS) is 22.1. The largest absolute Gasteiger partial charge is 0.400 e. The molecule has 0 spiro atoms. The van der Waals surface area contributed by atoms with Gasteiger partial charge in [-0.05, 0) is 53.9 Å². The molecule has 2 aliphatic rings. The lowest BCUT2D eigenvalue weighted by atomic mass is 9.76. The van der Waals surface area contributed by atoms with Gasteiger partial charge < -0.3 is 5.32 Å². The van der Waals surface area contributed by atoms with Crippen LogP contribution in [-0.4, -0.2) is 60.4 Å². The first-order valence-electron chi connectivity index (χ1n) is 11.4. The van der Waals surface area contributed by atoms with Gasteiger partial charge in [0.1, 0.15) is 24.6 Å². The molecule has 2 aliphatic heterocycles. The lowest BCUT2D eigenvalue weighted by molar-refractivity contribution is -0.183. The van der Waals surface area contributed by atoms with Crippen molar-refractivity contribution in [3.05, 3.63) is 68.7 Å². The van der Waals surface area contributed by atoms with Crippen LogP contribution in [0, 0.1) is 6.92 Å². The highest BCUT2D eigenvalue weighted by molar-refractivity contribution is 6.34. The van der Waals surface area contributed by atoms with Crippen LogP contribution in [0.15, 0.2) is 41.4 Å². The molecule has 2 atom stereocenters. The highest BCUT2D eigenvalue weighted by Gasteiger charge is 2.58.